The number of rotatable bonds is 8. The van der Waals surface area contributed by atoms with Crippen LogP contribution in [0.2, 0.25) is 0 Å². The number of aromatic nitrogens is 4. The van der Waals surface area contributed by atoms with Crippen LogP contribution in [-0.4, -0.2) is 27.3 Å². The molecule has 29 heavy (non-hydrogen) atoms. The Bertz CT molecular complexity index is 1060. The summed E-state index contributed by atoms with van der Waals surface area (Å²) in [6.07, 6.45) is 3.58. The topological polar surface area (TPSA) is 87.8 Å². The van der Waals surface area contributed by atoms with Crippen molar-refractivity contribution in [3.05, 3.63) is 84.2 Å². The van der Waals surface area contributed by atoms with Crippen LogP contribution < -0.4 is 15.4 Å². The van der Waals surface area contributed by atoms with E-state index in [0.717, 1.165) is 28.1 Å². The zero-order valence-electron chi connectivity index (χ0n) is 16.1. The van der Waals surface area contributed by atoms with Gasteiger partial charge in [-0.1, -0.05) is 24.3 Å². The van der Waals surface area contributed by atoms with Gasteiger partial charge in [0.25, 0.3) is 0 Å². The molecule has 2 aromatic heterocycles. The summed E-state index contributed by atoms with van der Waals surface area (Å²) in [4.78, 5) is 8.65. The first-order valence-corrected chi connectivity index (χ1v) is 9.33. The number of hydrogen-bond acceptors (Lipinski definition) is 6. The lowest BCUT2D eigenvalue weighted by molar-refractivity contribution is 0.414. The fourth-order valence-corrected chi connectivity index (χ4v) is 2.97. The molecule has 0 aliphatic heterocycles. The van der Waals surface area contributed by atoms with Gasteiger partial charge in [0.2, 0.25) is 5.95 Å². The van der Waals surface area contributed by atoms with E-state index in [1.165, 1.54) is 0 Å². The Labute approximate surface area is 169 Å². The average Bonchev–Trinajstić information content (AvgIpc) is 3.26. The Balaban J connectivity index is 1.45. The molecular formula is C22H22N6O. The molecule has 0 amide bonds. The predicted molar refractivity (Wildman–Crippen MR) is 114 cm³/mol. The van der Waals surface area contributed by atoms with Crippen LogP contribution in [0, 0.1) is 0 Å². The number of benzene rings is 2. The summed E-state index contributed by atoms with van der Waals surface area (Å²) < 4.78 is 5.26. The van der Waals surface area contributed by atoms with Crippen LogP contribution >= 0.6 is 0 Å². The largest absolute Gasteiger partial charge is 0.497 e. The standard InChI is InChI=1S/C22H22N6O/c1-29-18-6-4-5-17(13-18)15-25-22-26-21(27-28-22)19-7-2-3-8-20(19)24-14-16-9-11-23-12-10-16/h2-13,24H,14-15H2,1H3,(H2,25,26,27,28). The van der Waals surface area contributed by atoms with Crippen LogP contribution in [0.25, 0.3) is 11.4 Å². The third-order valence-corrected chi connectivity index (χ3v) is 4.48. The molecule has 0 radical (unpaired) electrons. The van der Waals surface area contributed by atoms with Crippen molar-refractivity contribution >= 4 is 11.6 Å². The van der Waals surface area contributed by atoms with Gasteiger partial charge in [-0.2, -0.15) is 4.98 Å². The SMILES string of the molecule is COc1cccc(CNc2n[nH]c(-c3ccccc3NCc3ccncc3)n2)c1. The first-order valence-electron chi connectivity index (χ1n) is 9.33. The number of ether oxygens (including phenoxy) is 1. The monoisotopic (exact) mass is 386 g/mol. The highest BCUT2D eigenvalue weighted by Gasteiger charge is 2.10. The van der Waals surface area contributed by atoms with Crippen LogP contribution in [0.4, 0.5) is 11.6 Å². The number of H-pyrrole nitrogens is 1. The summed E-state index contributed by atoms with van der Waals surface area (Å²) in [5.74, 6) is 2.08. The van der Waals surface area contributed by atoms with Crippen molar-refractivity contribution in [2.45, 2.75) is 13.1 Å². The van der Waals surface area contributed by atoms with Crippen LogP contribution in [0.15, 0.2) is 73.1 Å². The molecule has 2 aromatic carbocycles. The second-order valence-corrected chi connectivity index (χ2v) is 6.47. The Morgan fingerprint density at radius 1 is 0.897 bits per heavy atom. The Morgan fingerprint density at radius 2 is 1.72 bits per heavy atom. The molecular weight excluding hydrogens is 364 g/mol. The van der Waals surface area contributed by atoms with Crippen LogP contribution in [0.1, 0.15) is 11.1 Å². The quantitative estimate of drug-likeness (QED) is 0.423. The van der Waals surface area contributed by atoms with E-state index < -0.39 is 0 Å². The van der Waals surface area contributed by atoms with E-state index in [4.69, 9.17) is 4.74 Å². The maximum Gasteiger partial charge on any atom is 0.242 e. The Morgan fingerprint density at radius 3 is 2.59 bits per heavy atom. The molecule has 0 bridgehead atoms. The van der Waals surface area contributed by atoms with E-state index in [0.29, 0.717) is 24.9 Å². The zero-order chi connectivity index (χ0) is 19.9. The molecule has 0 atom stereocenters. The number of methoxy groups -OCH3 is 1. The van der Waals surface area contributed by atoms with Gasteiger partial charge in [-0.15, -0.1) is 5.10 Å². The summed E-state index contributed by atoms with van der Waals surface area (Å²) in [6.45, 7) is 1.31. The minimum absolute atomic E-state index is 0.548. The van der Waals surface area contributed by atoms with Crippen molar-refractivity contribution in [1.82, 2.24) is 20.2 Å². The maximum atomic E-state index is 5.26. The van der Waals surface area contributed by atoms with Gasteiger partial charge in [-0.25, -0.2) is 0 Å². The molecule has 0 saturated carbocycles. The molecule has 0 aliphatic rings. The lowest BCUT2D eigenvalue weighted by Gasteiger charge is -2.10. The molecule has 0 spiro atoms. The van der Waals surface area contributed by atoms with Crippen molar-refractivity contribution in [3.63, 3.8) is 0 Å². The molecule has 4 rings (SSSR count). The first kappa shape index (κ1) is 18.5. The van der Waals surface area contributed by atoms with E-state index in [1.807, 2.05) is 60.7 Å². The summed E-state index contributed by atoms with van der Waals surface area (Å²) in [7, 11) is 1.66. The average molecular weight is 386 g/mol. The molecule has 146 valence electrons. The molecule has 0 saturated heterocycles. The van der Waals surface area contributed by atoms with Gasteiger partial charge in [0.05, 0.1) is 7.11 Å². The van der Waals surface area contributed by atoms with E-state index >= 15 is 0 Å². The van der Waals surface area contributed by atoms with Crippen molar-refractivity contribution in [2.75, 3.05) is 17.7 Å². The number of hydrogen-bond donors (Lipinski definition) is 3. The van der Waals surface area contributed by atoms with Crippen molar-refractivity contribution < 1.29 is 4.74 Å². The van der Waals surface area contributed by atoms with E-state index in [9.17, 15) is 0 Å². The third kappa shape index (κ3) is 4.70. The maximum absolute atomic E-state index is 5.26. The lowest BCUT2D eigenvalue weighted by atomic mass is 10.1. The number of aromatic amines is 1. The third-order valence-electron chi connectivity index (χ3n) is 4.48. The fraction of sp³-hybridized carbons (Fsp3) is 0.136. The van der Waals surface area contributed by atoms with Gasteiger partial charge in [-0.3, -0.25) is 10.1 Å². The molecule has 7 heteroatoms. The zero-order valence-corrected chi connectivity index (χ0v) is 16.1. The molecule has 0 aliphatic carbocycles. The molecule has 2 heterocycles. The first-order chi connectivity index (χ1) is 14.3. The highest BCUT2D eigenvalue weighted by Crippen LogP contribution is 2.26. The van der Waals surface area contributed by atoms with Crippen LogP contribution in [0.5, 0.6) is 5.75 Å². The van der Waals surface area contributed by atoms with Crippen LogP contribution in [-0.2, 0) is 13.1 Å². The number of nitrogens with one attached hydrogen (secondary N) is 3. The summed E-state index contributed by atoms with van der Waals surface area (Å²) in [5, 5.41) is 14.0. The minimum atomic E-state index is 0.548. The van der Waals surface area contributed by atoms with Gasteiger partial charge in [0.1, 0.15) is 5.75 Å². The highest BCUT2D eigenvalue weighted by atomic mass is 16.5. The van der Waals surface area contributed by atoms with Gasteiger partial charge in [0.15, 0.2) is 5.82 Å². The van der Waals surface area contributed by atoms with Crippen molar-refractivity contribution in [2.24, 2.45) is 0 Å². The summed E-state index contributed by atoms with van der Waals surface area (Å²) in [5.41, 5.74) is 4.20. The van der Waals surface area contributed by atoms with Gasteiger partial charge in [0, 0.05) is 36.7 Å². The van der Waals surface area contributed by atoms with Crippen LogP contribution in [0.3, 0.4) is 0 Å². The minimum Gasteiger partial charge on any atom is -0.497 e. The normalized spacial score (nSPS) is 10.5. The summed E-state index contributed by atoms with van der Waals surface area (Å²) >= 11 is 0. The molecule has 7 nitrogen and oxygen atoms in total. The Kier molecular flexibility index (Phi) is 5.66. The number of pyridine rings is 1. The predicted octanol–water partition coefficient (Wildman–Crippen LogP) is 4.10. The van der Waals surface area contributed by atoms with Gasteiger partial charge in [-0.05, 0) is 47.5 Å². The number of nitrogens with zero attached hydrogens (tertiary/aromatic N) is 3. The van der Waals surface area contributed by atoms with Gasteiger partial charge >= 0.3 is 0 Å². The molecule has 4 aromatic rings. The lowest BCUT2D eigenvalue weighted by Crippen LogP contribution is -2.02. The molecule has 0 unspecified atom stereocenters. The molecule has 0 fully saturated rings. The van der Waals surface area contributed by atoms with E-state index in [-0.39, 0.29) is 0 Å². The number of anilines is 2. The van der Waals surface area contributed by atoms with Gasteiger partial charge < -0.3 is 15.4 Å². The van der Waals surface area contributed by atoms with Crippen molar-refractivity contribution in [3.8, 4) is 17.1 Å². The van der Waals surface area contributed by atoms with E-state index in [1.54, 1.807) is 19.5 Å². The summed E-state index contributed by atoms with van der Waals surface area (Å²) in [6, 6.07) is 19.9. The highest BCUT2D eigenvalue weighted by molar-refractivity contribution is 5.73. The van der Waals surface area contributed by atoms with E-state index in [2.05, 4.69) is 30.8 Å². The Hall–Kier alpha value is -3.87. The fourth-order valence-electron chi connectivity index (χ4n) is 2.97. The molecule has 3 N–H and O–H groups in total. The number of para-hydroxylation sites is 1. The van der Waals surface area contributed by atoms with Crippen molar-refractivity contribution in [1.29, 1.82) is 0 Å². The second kappa shape index (κ2) is 8.88. The smallest absolute Gasteiger partial charge is 0.242 e. The second-order valence-electron chi connectivity index (χ2n) is 6.47.